The van der Waals surface area contributed by atoms with E-state index in [9.17, 15) is 0 Å². The van der Waals surface area contributed by atoms with E-state index in [1.54, 1.807) is 0 Å². The lowest BCUT2D eigenvalue weighted by atomic mass is 10.2. The van der Waals surface area contributed by atoms with Gasteiger partial charge in [0.2, 0.25) is 0 Å². The number of allylic oxidation sites excluding steroid dienone is 1. The third-order valence-corrected chi connectivity index (χ3v) is 1.82. The van der Waals surface area contributed by atoms with Crippen molar-refractivity contribution in [2.75, 3.05) is 0 Å². The first-order valence-electron chi connectivity index (χ1n) is 4.61. The standard InChI is InChI=1S/C12H16O/c1-3-7-11(2)13-10-12-8-5-4-6-9-12/h3-9,11H,10H2,1-2H3/b7-3+/t11-/m0/s1. The number of benzene rings is 1. The number of hydrogen-bond donors (Lipinski definition) is 0. The third-order valence-electron chi connectivity index (χ3n) is 1.82. The lowest BCUT2D eigenvalue weighted by molar-refractivity contribution is 0.0840. The average molecular weight is 176 g/mol. The zero-order chi connectivity index (χ0) is 9.52. The Balaban J connectivity index is 2.35. The molecule has 0 aliphatic heterocycles. The van der Waals surface area contributed by atoms with Crippen LogP contribution in [0.25, 0.3) is 0 Å². The second-order valence-corrected chi connectivity index (χ2v) is 3.03. The van der Waals surface area contributed by atoms with Crippen molar-refractivity contribution < 1.29 is 4.74 Å². The summed E-state index contributed by atoms with van der Waals surface area (Å²) in [6.07, 6.45) is 4.25. The molecule has 1 aromatic carbocycles. The van der Waals surface area contributed by atoms with E-state index in [1.165, 1.54) is 5.56 Å². The summed E-state index contributed by atoms with van der Waals surface area (Å²) >= 11 is 0. The van der Waals surface area contributed by atoms with Gasteiger partial charge in [-0.2, -0.15) is 0 Å². The summed E-state index contributed by atoms with van der Waals surface area (Å²) < 4.78 is 5.58. The lowest BCUT2D eigenvalue weighted by Gasteiger charge is -2.08. The fraction of sp³-hybridized carbons (Fsp3) is 0.333. The van der Waals surface area contributed by atoms with Gasteiger partial charge in [-0.1, -0.05) is 42.5 Å². The molecule has 0 saturated heterocycles. The molecule has 70 valence electrons. The minimum atomic E-state index is 0.199. The van der Waals surface area contributed by atoms with E-state index in [4.69, 9.17) is 4.74 Å². The highest BCUT2D eigenvalue weighted by Gasteiger charge is 1.96. The van der Waals surface area contributed by atoms with Crippen molar-refractivity contribution in [1.82, 2.24) is 0 Å². The maximum Gasteiger partial charge on any atom is 0.0732 e. The molecule has 1 nitrogen and oxygen atoms in total. The van der Waals surface area contributed by atoms with Gasteiger partial charge in [0.15, 0.2) is 0 Å². The molecule has 0 unspecified atom stereocenters. The lowest BCUT2D eigenvalue weighted by Crippen LogP contribution is -2.03. The second kappa shape index (κ2) is 5.55. The van der Waals surface area contributed by atoms with Crippen molar-refractivity contribution in [1.29, 1.82) is 0 Å². The van der Waals surface area contributed by atoms with Gasteiger partial charge in [0.1, 0.15) is 0 Å². The van der Waals surface area contributed by atoms with Gasteiger partial charge < -0.3 is 4.74 Å². The Morgan fingerprint density at radius 3 is 2.62 bits per heavy atom. The van der Waals surface area contributed by atoms with Crippen LogP contribution in [0.5, 0.6) is 0 Å². The molecule has 1 heteroatoms. The zero-order valence-corrected chi connectivity index (χ0v) is 8.23. The molecule has 1 aromatic rings. The molecule has 0 amide bonds. The van der Waals surface area contributed by atoms with E-state index in [2.05, 4.69) is 12.1 Å². The van der Waals surface area contributed by atoms with Gasteiger partial charge in [0.25, 0.3) is 0 Å². The summed E-state index contributed by atoms with van der Waals surface area (Å²) in [6, 6.07) is 10.2. The Hall–Kier alpha value is -1.08. The quantitative estimate of drug-likeness (QED) is 0.640. The Bertz CT molecular complexity index is 251. The molecule has 1 atom stereocenters. The molecule has 0 spiro atoms. The van der Waals surface area contributed by atoms with Gasteiger partial charge in [0, 0.05) is 0 Å². The third kappa shape index (κ3) is 3.90. The second-order valence-electron chi connectivity index (χ2n) is 3.03. The van der Waals surface area contributed by atoms with Crippen LogP contribution >= 0.6 is 0 Å². The van der Waals surface area contributed by atoms with E-state index in [0.717, 1.165) is 0 Å². The van der Waals surface area contributed by atoms with Crippen LogP contribution in [0.15, 0.2) is 42.5 Å². The zero-order valence-electron chi connectivity index (χ0n) is 8.23. The highest BCUT2D eigenvalue weighted by molar-refractivity contribution is 5.13. The highest BCUT2D eigenvalue weighted by atomic mass is 16.5. The summed E-state index contributed by atoms with van der Waals surface area (Å²) in [7, 11) is 0. The molecule has 0 aliphatic rings. The molecule has 0 saturated carbocycles. The molecule has 0 N–H and O–H groups in total. The van der Waals surface area contributed by atoms with Gasteiger partial charge in [-0.15, -0.1) is 0 Å². The minimum absolute atomic E-state index is 0.199. The van der Waals surface area contributed by atoms with E-state index >= 15 is 0 Å². The normalized spacial score (nSPS) is 13.4. The van der Waals surface area contributed by atoms with Crippen LogP contribution in [0.2, 0.25) is 0 Å². The summed E-state index contributed by atoms with van der Waals surface area (Å²) in [5.41, 5.74) is 1.22. The van der Waals surface area contributed by atoms with Crippen LogP contribution in [-0.4, -0.2) is 6.10 Å². The molecule has 1 rings (SSSR count). The predicted octanol–water partition coefficient (Wildman–Crippen LogP) is 3.17. The van der Waals surface area contributed by atoms with Crippen molar-refractivity contribution in [3.8, 4) is 0 Å². The predicted molar refractivity (Wildman–Crippen MR) is 55.5 cm³/mol. The molecular formula is C12H16O. The SMILES string of the molecule is C/C=C/[C@H](C)OCc1ccccc1. The molecular weight excluding hydrogens is 160 g/mol. The number of hydrogen-bond acceptors (Lipinski definition) is 1. The van der Waals surface area contributed by atoms with Crippen molar-refractivity contribution in [3.05, 3.63) is 48.0 Å². The van der Waals surface area contributed by atoms with Gasteiger partial charge in [-0.05, 0) is 19.4 Å². The average Bonchev–Trinajstić information content (AvgIpc) is 2.17. The molecule has 0 fully saturated rings. The fourth-order valence-electron chi connectivity index (χ4n) is 1.13. The van der Waals surface area contributed by atoms with Crippen molar-refractivity contribution >= 4 is 0 Å². The van der Waals surface area contributed by atoms with Crippen LogP contribution in [0.1, 0.15) is 19.4 Å². The van der Waals surface area contributed by atoms with E-state index in [0.29, 0.717) is 6.61 Å². The van der Waals surface area contributed by atoms with Crippen LogP contribution in [0, 0.1) is 0 Å². The van der Waals surface area contributed by atoms with E-state index < -0.39 is 0 Å². The van der Waals surface area contributed by atoms with Crippen LogP contribution in [-0.2, 0) is 11.3 Å². The Kier molecular flexibility index (Phi) is 4.27. The molecule has 0 bridgehead atoms. The van der Waals surface area contributed by atoms with Gasteiger partial charge in [-0.3, -0.25) is 0 Å². The van der Waals surface area contributed by atoms with Gasteiger partial charge in [0.05, 0.1) is 12.7 Å². The van der Waals surface area contributed by atoms with Gasteiger partial charge in [-0.25, -0.2) is 0 Å². The Morgan fingerprint density at radius 1 is 1.31 bits per heavy atom. The van der Waals surface area contributed by atoms with Crippen molar-refractivity contribution in [2.24, 2.45) is 0 Å². The maximum absolute atomic E-state index is 5.58. The fourth-order valence-corrected chi connectivity index (χ4v) is 1.13. The van der Waals surface area contributed by atoms with Crippen LogP contribution in [0.4, 0.5) is 0 Å². The van der Waals surface area contributed by atoms with Gasteiger partial charge >= 0.3 is 0 Å². The summed E-state index contributed by atoms with van der Waals surface area (Å²) in [5, 5.41) is 0. The largest absolute Gasteiger partial charge is 0.370 e. The van der Waals surface area contributed by atoms with Crippen LogP contribution in [0.3, 0.4) is 0 Å². The molecule has 0 aliphatic carbocycles. The molecule has 0 aromatic heterocycles. The smallest absolute Gasteiger partial charge is 0.0732 e. The summed E-state index contributed by atoms with van der Waals surface area (Å²) in [6.45, 7) is 4.73. The summed E-state index contributed by atoms with van der Waals surface area (Å²) in [4.78, 5) is 0. The van der Waals surface area contributed by atoms with Crippen molar-refractivity contribution in [2.45, 2.75) is 26.6 Å². The first-order chi connectivity index (χ1) is 6.33. The first kappa shape index (κ1) is 10.0. The summed E-state index contributed by atoms with van der Waals surface area (Å²) in [5.74, 6) is 0. The highest BCUT2D eigenvalue weighted by Crippen LogP contribution is 2.03. The monoisotopic (exact) mass is 176 g/mol. The topological polar surface area (TPSA) is 9.23 Å². The molecule has 0 radical (unpaired) electrons. The molecule has 0 heterocycles. The Morgan fingerprint density at radius 2 is 2.00 bits per heavy atom. The van der Waals surface area contributed by atoms with Crippen molar-refractivity contribution in [3.63, 3.8) is 0 Å². The van der Waals surface area contributed by atoms with E-state index in [1.807, 2.05) is 44.2 Å². The Labute approximate surface area is 80.0 Å². The van der Waals surface area contributed by atoms with E-state index in [-0.39, 0.29) is 6.10 Å². The van der Waals surface area contributed by atoms with Crippen LogP contribution < -0.4 is 0 Å². The molecule has 13 heavy (non-hydrogen) atoms. The maximum atomic E-state index is 5.58. The number of ether oxygens (including phenoxy) is 1. The minimum Gasteiger partial charge on any atom is -0.370 e. The first-order valence-corrected chi connectivity index (χ1v) is 4.61. The number of rotatable bonds is 4.